The molecule has 2 heterocycles. The van der Waals surface area contributed by atoms with Crippen LogP contribution in [0.3, 0.4) is 0 Å². The maximum Gasteiger partial charge on any atom is 1.00 e. The number of rotatable bonds is 4. The number of aromatic carboxylic acids is 1. The first-order valence-corrected chi connectivity index (χ1v) is 6.39. The Balaban J connectivity index is 0.00000242. The van der Waals surface area contributed by atoms with Crippen molar-refractivity contribution in [3.8, 4) is 0 Å². The van der Waals surface area contributed by atoms with Gasteiger partial charge in [0.05, 0.1) is 5.56 Å². The Hall–Kier alpha value is -1.57. The fraction of sp³-hybridized carbons (Fsp3) is 0.357. The summed E-state index contributed by atoms with van der Waals surface area (Å²) in [5.74, 6) is -1.48. The van der Waals surface area contributed by atoms with E-state index in [0.29, 0.717) is 6.29 Å². The van der Waals surface area contributed by atoms with Gasteiger partial charge in [-0.2, -0.15) is 0 Å². The number of nitrogens with zero attached hydrogens (tertiary/aromatic N) is 2. The number of carboxylic acids is 1. The molecule has 0 aliphatic carbocycles. The third-order valence-corrected chi connectivity index (χ3v) is 3.66. The van der Waals surface area contributed by atoms with Crippen molar-refractivity contribution in [1.29, 1.82) is 0 Å². The minimum absolute atomic E-state index is 0. The molecular formula is C14H16N3NaO4. The Labute approximate surface area is 151 Å². The Morgan fingerprint density at radius 3 is 2.59 bits per heavy atom. The first-order chi connectivity index (χ1) is 9.79. The molecule has 1 aromatic rings. The average molecular weight is 313 g/mol. The fourth-order valence-electron chi connectivity index (χ4n) is 1.95. The maximum absolute atomic E-state index is 12.1. The number of hydrogen-bond donors (Lipinski definition) is 2. The molecule has 8 heteroatoms. The number of carboxylic acid groups (broad SMARTS) is 1. The smallest absolute Gasteiger partial charge is 1.00 e. The molecule has 0 spiro atoms. The van der Waals surface area contributed by atoms with Crippen LogP contribution < -0.4 is 34.9 Å². The van der Waals surface area contributed by atoms with Crippen LogP contribution in [-0.2, 0) is 4.79 Å². The quantitative estimate of drug-likeness (QED) is 0.494. The van der Waals surface area contributed by atoms with E-state index in [1.54, 1.807) is 6.92 Å². The zero-order chi connectivity index (χ0) is 15.8. The number of nitrogens with one attached hydrogen (secondary N) is 1. The van der Waals surface area contributed by atoms with E-state index in [4.69, 9.17) is 0 Å². The predicted octanol–water partition coefficient (Wildman–Crippen LogP) is -2.00. The number of carbonyl (C=O) groups excluding carboxylic acids is 2. The van der Waals surface area contributed by atoms with Gasteiger partial charge in [-0.05, 0) is 18.9 Å². The minimum Gasteiger partial charge on any atom is -1.00 e. The predicted molar refractivity (Wildman–Crippen MR) is 75.6 cm³/mol. The number of amidine groups is 1. The first kappa shape index (κ1) is 18.5. The molecule has 112 valence electrons. The van der Waals surface area contributed by atoms with Crippen LogP contribution in [0.25, 0.3) is 0 Å². The monoisotopic (exact) mass is 313 g/mol. The zero-order valence-electron chi connectivity index (χ0n) is 13.9. The van der Waals surface area contributed by atoms with Gasteiger partial charge in [-0.25, -0.2) is 9.79 Å². The van der Waals surface area contributed by atoms with Crippen molar-refractivity contribution in [1.82, 2.24) is 10.3 Å². The number of aliphatic imine (C=N–C) groups is 1. The van der Waals surface area contributed by atoms with Crippen molar-refractivity contribution < 1.29 is 50.5 Å². The van der Waals surface area contributed by atoms with Crippen molar-refractivity contribution in [3.63, 3.8) is 0 Å². The largest absolute Gasteiger partial charge is 1.00 e. The van der Waals surface area contributed by atoms with Gasteiger partial charge >= 0.3 is 35.5 Å². The summed E-state index contributed by atoms with van der Waals surface area (Å²) in [4.78, 5) is 42.4. The van der Waals surface area contributed by atoms with Crippen LogP contribution >= 0.6 is 0 Å². The van der Waals surface area contributed by atoms with Gasteiger partial charge in [-0.3, -0.25) is 14.6 Å². The SMILES string of the molecule is CC(C)C1(C)N=C(c2ncc(C=O)cc2C(=O)O)NC1=O.[H-].[Na+]. The van der Waals surface area contributed by atoms with E-state index >= 15 is 0 Å². The van der Waals surface area contributed by atoms with E-state index < -0.39 is 11.5 Å². The second-order valence-corrected chi connectivity index (χ2v) is 5.30. The summed E-state index contributed by atoms with van der Waals surface area (Å²) in [6, 6.07) is 1.21. The summed E-state index contributed by atoms with van der Waals surface area (Å²) in [6.45, 7) is 5.39. The van der Waals surface area contributed by atoms with Gasteiger partial charge in [0.15, 0.2) is 12.1 Å². The molecule has 0 saturated heterocycles. The van der Waals surface area contributed by atoms with Crippen molar-refractivity contribution in [2.24, 2.45) is 10.9 Å². The van der Waals surface area contributed by atoms with Crippen molar-refractivity contribution in [2.45, 2.75) is 26.3 Å². The van der Waals surface area contributed by atoms with Crippen LogP contribution in [0.1, 0.15) is 48.6 Å². The van der Waals surface area contributed by atoms with Crippen LogP contribution in [0.15, 0.2) is 17.3 Å². The van der Waals surface area contributed by atoms with E-state index in [1.165, 1.54) is 12.3 Å². The van der Waals surface area contributed by atoms with Crippen molar-refractivity contribution >= 4 is 24.0 Å². The molecular weight excluding hydrogens is 297 g/mol. The van der Waals surface area contributed by atoms with Gasteiger partial charge < -0.3 is 11.8 Å². The van der Waals surface area contributed by atoms with E-state index in [-0.39, 0.29) is 65.5 Å². The number of aromatic nitrogens is 1. The molecule has 2 N–H and O–H groups in total. The summed E-state index contributed by atoms with van der Waals surface area (Å²) >= 11 is 0. The Bertz CT molecular complexity index is 678. The second-order valence-electron chi connectivity index (χ2n) is 5.30. The Morgan fingerprint density at radius 2 is 2.14 bits per heavy atom. The molecule has 0 aromatic carbocycles. The van der Waals surface area contributed by atoms with E-state index in [2.05, 4.69) is 15.3 Å². The maximum atomic E-state index is 12.1. The molecule has 1 aliphatic rings. The van der Waals surface area contributed by atoms with Crippen LogP contribution in [-0.4, -0.2) is 39.6 Å². The fourth-order valence-corrected chi connectivity index (χ4v) is 1.95. The Kier molecular flexibility index (Phi) is 5.61. The van der Waals surface area contributed by atoms with E-state index in [0.717, 1.165) is 0 Å². The zero-order valence-corrected chi connectivity index (χ0v) is 14.9. The molecule has 0 saturated carbocycles. The van der Waals surface area contributed by atoms with Gasteiger partial charge in [0.2, 0.25) is 0 Å². The van der Waals surface area contributed by atoms with Gasteiger partial charge in [-0.1, -0.05) is 13.8 Å². The van der Waals surface area contributed by atoms with Crippen LogP contribution in [0.5, 0.6) is 0 Å². The van der Waals surface area contributed by atoms with Gasteiger partial charge in [0, 0.05) is 11.8 Å². The number of amides is 1. The van der Waals surface area contributed by atoms with Gasteiger partial charge in [0.25, 0.3) is 5.91 Å². The number of carbonyl (C=O) groups is 3. The molecule has 2 rings (SSSR count). The van der Waals surface area contributed by atoms with Crippen molar-refractivity contribution in [3.05, 3.63) is 29.1 Å². The third-order valence-electron chi connectivity index (χ3n) is 3.66. The summed E-state index contributed by atoms with van der Waals surface area (Å²) in [7, 11) is 0. The first-order valence-electron chi connectivity index (χ1n) is 6.39. The molecule has 7 nitrogen and oxygen atoms in total. The standard InChI is InChI=1S/C14H15N3O4.Na.H/c1-7(2)14(3)13(21)16-11(17-14)10-9(12(19)20)4-8(6-18)5-15-10;;/h4-7H,1-3H3,(H,19,20)(H,16,17,21);;/q;+1;-1. The summed E-state index contributed by atoms with van der Waals surface area (Å²) in [5, 5.41) is 11.8. The van der Waals surface area contributed by atoms with Crippen LogP contribution in [0.2, 0.25) is 0 Å². The molecule has 0 radical (unpaired) electrons. The van der Waals surface area contributed by atoms with E-state index in [1.807, 2.05) is 13.8 Å². The van der Waals surface area contributed by atoms with Gasteiger partial charge in [-0.15, -0.1) is 0 Å². The van der Waals surface area contributed by atoms with Gasteiger partial charge in [0.1, 0.15) is 11.2 Å². The Morgan fingerprint density at radius 1 is 1.50 bits per heavy atom. The molecule has 22 heavy (non-hydrogen) atoms. The van der Waals surface area contributed by atoms with Crippen LogP contribution in [0, 0.1) is 5.92 Å². The number of hydrogen-bond acceptors (Lipinski definition) is 5. The molecule has 1 atom stereocenters. The molecule has 1 unspecified atom stereocenters. The topological polar surface area (TPSA) is 109 Å². The molecule has 0 fully saturated rings. The normalized spacial score (nSPS) is 20.2. The summed E-state index contributed by atoms with van der Waals surface area (Å²) < 4.78 is 0. The summed E-state index contributed by atoms with van der Waals surface area (Å²) in [6.07, 6.45) is 1.75. The third kappa shape index (κ3) is 3.11. The van der Waals surface area contributed by atoms with Crippen LogP contribution in [0.4, 0.5) is 0 Å². The molecule has 1 aromatic heterocycles. The average Bonchev–Trinajstić information content (AvgIpc) is 2.75. The van der Waals surface area contributed by atoms with Crippen molar-refractivity contribution in [2.75, 3.05) is 0 Å². The molecule has 0 bridgehead atoms. The number of pyridine rings is 1. The second kappa shape index (κ2) is 6.68. The van der Waals surface area contributed by atoms with E-state index in [9.17, 15) is 19.5 Å². The number of aldehydes is 1. The molecule has 1 aliphatic heterocycles. The minimum atomic E-state index is -1.24. The molecule has 1 amide bonds. The summed E-state index contributed by atoms with van der Waals surface area (Å²) in [5.41, 5.74) is -0.944.